The smallest absolute Gasteiger partial charge is 0.191 e. The molecule has 0 atom stereocenters. The second kappa shape index (κ2) is 10.3. The summed E-state index contributed by atoms with van der Waals surface area (Å²) in [6.45, 7) is 5.15. The molecule has 30 heavy (non-hydrogen) atoms. The Bertz CT molecular complexity index is 1090. The van der Waals surface area contributed by atoms with Crippen LogP contribution in [0.1, 0.15) is 24.5 Å². The van der Waals surface area contributed by atoms with E-state index in [0.29, 0.717) is 6.54 Å². The predicted molar refractivity (Wildman–Crippen MR) is 124 cm³/mol. The van der Waals surface area contributed by atoms with Crippen molar-refractivity contribution >= 4 is 26.7 Å². The van der Waals surface area contributed by atoms with Gasteiger partial charge in [-0.25, -0.2) is 13.4 Å². The van der Waals surface area contributed by atoms with Crippen LogP contribution in [0.4, 0.5) is 0 Å². The zero-order valence-corrected chi connectivity index (χ0v) is 18.5. The molecule has 0 radical (unpaired) electrons. The number of aryl methyl sites for hydroxylation is 1. The van der Waals surface area contributed by atoms with Gasteiger partial charge in [-0.2, -0.15) is 0 Å². The molecule has 0 amide bonds. The van der Waals surface area contributed by atoms with E-state index in [9.17, 15) is 8.42 Å². The molecule has 0 spiro atoms. The van der Waals surface area contributed by atoms with Crippen molar-refractivity contribution in [3.8, 4) is 0 Å². The molecule has 0 fully saturated rings. The number of hydrogen-bond donors (Lipinski definition) is 2. The van der Waals surface area contributed by atoms with Gasteiger partial charge in [0.15, 0.2) is 15.8 Å². The number of sulfone groups is 1. The summed E-state index contributed by atoms with van der Waals surface area (Å²) < 4.78 is 25.1. The highest BCUT2D eigenvalue weighted by atomic mass is 32.2. The third-order valence-corrected chi connectivity index (χ3v) is 5.62. The number of aliphatic imine (C=N–C) groups is 1. The Balaban J connectivity index is 1.50. The highest BCUT2D eigenvalue weighted by molar-refractivity contribution is 7.89. The lowest BCUT2D eigenvalue weighted by atomic mass is 10.1. The van der Waals surface area contributed by atoms with Crippen LogP contribution in [0.3, 0.4) is 0 Å². The van der Waals surface area contributed by atoms with E-state index in [1.807, 2.05) is 31.2 Å². The van der Waals surface area contributed by atoms with E-state index in [4.69, 9.17) is 0 Å². The summed E-state index contributed by atoms with van der Waals surface area (Å²) in [7, 11) is -3.01. The molecule has 0 unspecified atom stereocenters. The summed E-state index contributed by atoms with van der Waals surface area (Å²) >= 11 is 0. The third-order valence-electron chi connectivity index (χ3n) is 4.76. The lowest BCUT2D eigenvalue weighted by Gasteiger charge is -2.12. The van der Waals surface area contributed by atoms with Crippen LogP contribution in [0.15, 0.2) is 65.8 Å². The first-order valence-electron chi connectivity index (χ1n) is 10.3. The van der Waals surface area contributed by atoms with E-state index >= 15 is 0 Å². The van der Waals surface area contributed by atoms with Crippen molar-refractivity contribution in [2.45, 2.75) is 32.2 Å². The van der Waals surface area contributed by atoms with Crippen LogP contribution >= 0.6 is 0 Å². The number of para-hydroxylation sites is 1. The van der Waals surface area contributed by atoms with Gasteiger partial charge in [0.05, 0.1) is 12.3 Å². The molecule has 0 saturated heterocycles. The summed E-state index contributed by atoms with van der Waals surface area (Å²) in [6, 6.07) is 18.1. The van der Waals surface area contributed by atoms with Crippen molar-refractivity contribution in [1.82, 2.24) is 15.2 Å². The molecule has 0 bridgehead atoms. The predicted octanol–water partition coefficient (Wildman–Crippen LogP) is 3.33. The molecule has 0 aliphatic carbocycles. The van der Waals surface area contributed by atoms with Gasteiger partial charge in [-0.05, 0) is 42.0 Å². The van der Waals surface area contributed by atoms with E-state index in [-0.39, 0.29) is 5.75 Å². The van der Waals surface area contributed by atoms with E-state index in [1.165, 1.54) is 17.2 Å². The normalized spacial score (nSPS) is 12.3. The fourth-order valence-electron chi connectivity index (χ4n) is 3.35. The summed E-state index contributed by atoms with van der Waals surface area (Å²) in [6.07, 6.45) is 4.37. The Labute approximate surface area is 178 Å². The molecule has 0 aliphatic heterocycles. The van der Waals surface area contributed by atoms with Gasteiger partial charge in [0.1, 0.15) is 0 Å². The maximum absolute atomic E-state index is 11.4. The van der Waals surface area contributed by atoms with Gasteiger partial charge in [0, 0.05) is 37.6 Å². The van der Waals surface area contributed by atoms with Crippen LogP contribution in [0.2, 0.25) is 0 Å². The van der Waals surface area contributed by atoms with Crippen molar-refractivity contribution in [2.24, 2.45) is 4.99 Å². The number of nitrogens with one attached hydrogen (secondary N) is 2. The summed E-state index contributed by atoms with van der Waals surface area (Å²) in [4.78, 5) is 4.64. The topological polar surface area (TPSA) is 75.5 Å². The lowest BCUT2D eigenvalue weighted by molar-refractivity contribution is 0.601. The molecular weight excluding hydrogens is 396 g/mol. The van der Waals surface area contributed by atoms with Crippen LogP contribution in [-0.2, 0) is 28.7 Å². The number of benzene rings is 2. The number of nitrogens with zero attached hydrogens (tertiary/aromatic N) is 2. The van der Waals surface area contributed by atoms with E-state index in [2.05, 4.69) is 56.7 Å². The first-order valence-corrected chi connectivity index (χ1v) is 12.3. The van der Waals surface area contributed by atoms with Gasteiger partial charge in [-0.15, -0.1) is 0 Å². The molecule has 3 rings (SSSR count). The van der Waals surface area contributed by atoms with Crippen LogP contribution in [0, 0.1) is 0 Å². The van der Waals surface area contributed by atoms with Crippen molar-refractivity contribution in [2.75, 3.05) is 19.3 Å². The molecule has 1 heterocycles. The minimum atomic E-state index is -3.01. The first kappa shape index (κ1) is 21.9. The van der Waals surface area contributed by atoms with Gasteiger partial charge < -0.3 is 15.2 Å². The van der Waals surface area contributed by atoms with Crippen LogP contribution in [0.25, 0.3) is 10.9 Å². The maximum atomic E-state index is 11.4. The molecule has 2 aromatic carbocycles. The van der Waals surface area contributed by atoms with Crippen molar-refractivity contribution < 1.29 is 8.42 Å². The number of aromatic nitrogens is 1. The van der Waals surface area contributed by atoms with Crippen LogP contribution in [-0.4, -0.2) is 38.3 Å². The van der Waals surface area contributed by atoms with Crippen molar-refractivity contribution in [3.63, 3.8) is 0 Å². The standard InChI is InChI=1S/C23H30N4O2S/c1-3-24-23(26-17-19-9-11-20(12-10-19)18-30(2,28)29)25-14-6-15-27-16-13-21-7-4-5-8-22(21)27/h4-5,7-13,16H,3,6,14-15,17-18H2,1-2H3,(H2,24,25,26). The lowest BCUT2D eigenvalue weighted by Crippen LogP contribution is -2.38. The zero-order valence-electron chi connectivity index (χ0n) is 17.6. The largest absolute Gasteiger partial charge is 0.357 e. The van der Waals surface area contributed by atoms with Gasteiger partial charge in [0.2, 0.25) is 0 Å². The highest BCUT2D eigenvalue weighted by Crippen LogP contribution is 2.15. The zero-order chi connectivity index (χ0) is 21.4. The Hall–Kier alpha value is -2.80. The Morgan fingerprint density at radius 3 is 2.47 bits per heavy atom. The monoisotopic (exact) mass is 426 g/mol. The van der Waals surface area contributed by atoms with Gasteiger partial charge in [0.25, 0.3) is 0 Å². The molecule has 6 nitrogen and oxygen atoms in total. The number of guanidine groups is 1. The summed E-state index contributed by atoms with van der Waals surface area (Å²) in [5.74, 6) is 0.854. The fourth-order valence-corrected chi connectivity index (χ4v) is 4.15. The summed E-state index contributed by atoms with van der Waals surface area (Å²) in [5.41, 5.74) is 3.11. The molecule has 0 saturated carbocycles. The molecule has 2 N–H and O–H groups in total. The Kier molecular flexibility index (Phi) is 7.52. The van der Waals surface area contributed by atoms with Crippen molar-refractivity contribution in [3.05, 3.63) is 71.9 Å². The average Bonchev–Trinajstić information content (AvgIpc) is 3.12. The molecule has 1 aromatic heterocycles. The van der Waals surface area contributed by atoms with Crippen LogP contribution < -0.4 is 10.6 Å². The SMILES string of the molecule is CCNC(=NCc1ccc(CS(C)(=O)=O)cc1)NCCCn1ccc2ccccc21. The number of hydrogen-bond acceptors (Lipinski definition) is 3. The Morgan fingerprint density at radius 2 is 1.73 bits per heavy atom. The average molecular weight is 427 g/mol. The molecular formula is C23H30N4O2S. The first-order chi connectivity index (χ1) is 14.4. The summed E-state index contributed by atoms with van der Waals surface area (Å²) in [5, 5.41) is 7.93. The van der Waals surface area contributed by atoms with Gasteiger partial charge in [-0.3, -0.25) is 0 Å². The molecule has 160 valence electrons. The number of fused-ring (bicyclic) bond motifs is 1. The van der Waals surface area contributed by atoms with Gasteiger partial charge in [-0.1, -0.05) is 42.5 Å². The molecule has 3 aromatic rings. The second-order valence-corrected chi connectivity index (χ2v) is 9.57. The van der Waals surface area contributed by atoms with Gasteiger partial charge >= 0.3 is 0 Å². The minimum Gasteiger partial charge on any atom is -0.357 e. The van der Waals surface area contributed by atoms with E-state index in [0.717, 1.165) is 43.1 Å². The second-order valence-electron chi connectivity index (χ2n) is 7.43. The Morgan fingerprint density at radius 1 is 1.00 bits per heavy atom. The molecule has 7 heteroatoms. The number of rotatable bonds is 9. The van der Waals surface area contributed by atoms with E-state index in [1.54, 1.807) is 0 Å². The minimum absolute atomic E-state index is 0.0669. The third kappa shape index (κ3) is 6.62. The quantitative estimate of drug-likeness (QED) is 0.313. The van der Waals surface area contributed by atoms with E-state index < -0.39 is 9.84 Å². The fraction of sp³-hybridized carbons (Fsp3) is 0.348. The highest BCUT2D eigenvalue weighted by Gasteiger charge is 2.05. The molecule has 0 aliphatic rings. The van der Waals surface area contributed by atoms with Crippen LogP contribution in [0.5, 0.6) is 0 Å². The maximum Gasteiger partial charge on any atom is 0.191 e. The van der Waals surface area contributed by atoms with Crippen molar-refractivity contribution in [1.29, 1.82) is 0 Å².